The third-order valence-corrected chi connectivity index (χ3v) is 3.95. The van der Waals surface area contributed by atoms with E-state index in [2.05, 4.69) is 29.7 Å². The molecule has 0 saturated carbocycles. The minimum atomic E-state index is 0.670. The van der Waals surface area contributed by atoms with Crippen LogP contribution in [0.3, 0.4) is 0 Å². The lowest BCUT2D eigenvalue weighted by molar-refractivity contribution is 0.413. The maximum atomic E-state index is 4.70. The van der Waals surface area contributed by atoms with Gasteiger partial charge in [-0.3, -0.25) is 0 Å². The van der Waals surface area contributed by atoms with E-state index in [1.807, 2.05) is 11.3 Å². The van der Waals surface area contributed by atoms with E-state index < -0.39 is 0 Å². The number of thiazole rings is 1. The lowest BCUT2D eigenvalue weighted by atomic mass is 10.1. The van der Waals surface area contributed by atoms with Gasteiger partial charge in [0.1, 0.15) is 0 Å². The van der Waals surface area contributed by atoms with Crippen molar-refractivity contribution in [3.63, 3.8) is 0 Å². The first-order valence-corrected chi connectivity index (χ1v) is 6.93. The van der Waals surface area contributed by atoms with E-state index in [1.165, 1.54) is 30.1 Å². The Morgan fingerprint density at radius 1 is 1.56 bits per heavy atom. The maximum absolute atomic E-state index is 4.70. The van der Waals surface area contributed by atoms with Crippen molar-refractivity contribution in [1.29, 1.82) is 0 Å². The van der Waals surface area contributed by atoms with E-state index in [4.69, 9.17) is 4.98 Å². The van der Waals surface area contributed by atoms with Crippen LogP contribution in [0.1, 0.15) is 23.5 Å². The quantitative estimate of drug-likeness (QED) is 0.845. The number of hydrogen-bond donors (Lipinski definition) is 1. The molecule has 0 amide bonds. The molecule has 4 heteroatoms. The Morgan fingerprint density at radius 2 is 2.44 bits per heavy atom. The first-order valence-electron chi connectivity index (χ1n) is 6.05. The average molecular weight is 239 g/mol. The second-order valence-corrected chi connectivity index (χ2v) is 5.73. The Labute approximate surface area is 102 Å². The van der Waals surface area contributed by atoms with E-state index in [0.717, 1.165) is 19.4 Å². The largest absolute Gasteiger partial charge is 0.314 e. The minimum Gasteiger partial charge on any atom is -0.314 e. The SMILES string of the molecule is CN(C)CCc1nc(CC2CCCN2)cs1. The van der Waals surface area contributed by atoms with Crippen molar-refractivity contribution in [3.05, 3.63) is 16.1 Å². The zero-order valence-corrected chi connectivity index (χ0v) is 11.0. The molecule has 1 aromatic heterocycles. The number of nitrogens with one attached hydrogen (secondary N) is 1. The molecule has 1 saturated heterocycles. The fourth-order valence-corrected chi connectivity index (χ4v) is 2.86. The molecule has 1 N–H and O–H groups in total. The van der Waals surface area contributed by atoms with Crippen LogP contribution in [0.5, 0.6) is 0 Å². The fourth-order valence-electron chi connectivity index (χ4n) is 2.06. The number of aromatic nitrogens is 1. The molecule has 1 aliphatic rings. The highest BCUT2D eigenvalue weighted by Crippen LogP contribution is 2.15. The zero-order chi connectivity index (χ0) is 11.4. The molecular formula is C12H21N3S. The van der Waals surface area contributed by atoms with E-state index in [-0.39, 0.29) is 0 Å². The summed E-state index contributed by atoms with van der Waals surface area (Å²) in [6.45, 7) is 2.27. The first kappa shape index (κ1) is 12.0. The van der Waals surface area contributed by atoms with Gasteiger partial charge in [0, 0.05) is 30.8 Å². The molecule has 1 atom stereocenters. The molecule has 0 aromatic carbocycles. The van der Waals surface area contributed by atoms with Crippen molar-refractivity contribution in [2.24, 2.45) is 0 Å². The van der Waals surface area contributed by atoms with Crippen LogP contribution in [0, 0.1) is 0 Å². The van der Waals surface area contributed by atoms with Crippen LogP contribution in [0.2, 0.25) is 0 Å². The Morgan fingerprint density at radius 3 is 3.12 bits per heavy atom. The zero-order valence-electron chi connectivity index (χ0n) is 10.2. The second-order valence-electron chi connectivity index (χ2n) is 4.78. The molecule has 0 aliphatic carbocycles. The molecule has 1 fully saturated rings. The van der Waals surface area contributed by atoms with Crippen molar-refractivity contribution >= 4 is 11.3 Å². The van der Waals surface area contributed by atoms with E-state index >= 15 is 0 Å². The summed E-state index contributed by atoms with van der Waals surface area (Å²) in [5.41, 5.74) is 1.28. The molecule has 2 rings (SSSR count). The summed E-state index contributed by atoms with van der Waals surface area (Å²) in [4.78, 5) is 6.91. The molecule has 0 bridgehead atoms. The molecule has 3 nitrogen and oxygen atoms in total. The van der Waals surface area contributed by atoms with Crippen molar-refractivity contribution < 1.29 is 0 Å². The predicted molar refractivity (Wildman–Crippen MR) is 69.1 cm³/mol. The molecule has 2 heterocycles. The lowest BCUT2D eigenvalue weighted by Gasteiger charge is -2.07. The van der Waals surface area contributed by atoms with Crippen molar-refractivity contribution in [1.82, 2.24) is 15.2 Å². The van der Waals surface area contributed by atoms with Crippen LogP contribution in [0.25, 0.3) is 0 Å². The van der Waals surface area contributed by atoms with Gasteiger partial charge in [-0.1, -0.05) is 0 Å². The van der Waals surface area contributed by atoms with Crippen LogP contribution in [0.4, 0.5) is 0 Å². The summed E-state index contributed by atoms with van der Waals surface area (Å²) in [7, 11) is 4.22. The average Bonchev–Trinajstić information content (AvgIpc) is 2.87. The molecular weight excluding hydrogens is 218 g/mol. The van der Waals surface area contributed by atoms with Crippen LogP contribution < -0.4 is 5.32 Å². The van der Waals surface area contributed by atoms with Gasteiger partial charge in [-0.05, 0) is 33.5 Å². The van der Waals surface area contributed by atoms with Gasteiger partial charge in [0.25, 0.3) is 0 Å². The molecule has 0 radical (unpaired) electrons. The highest BCUT2D eigenvalue weighted by Gasteiger charge is 2.15. The molecule has 1 aliphatic heterocycles. The van der Waals surface area contributed by atoms with Crippen LogP contribution in [0.15, 0.2) is 5.38 Å². The Hall–Kier alpha value is -0.450. The van der Waals surface area contributed by atoms with Gasteiger partial charge < -0.3 is 10.2 Å². The maximum Gasteiger partial charge on any atom is 0.0941 e. The van der Waals surface area contributed by atoms with Gasteiger partial charge in [0.05, 0.1) is 10.7 Å². The normalized spacial score (nSPS) is 20.8. The van der Waals surface area contributed by atoms with Crippen molar-refractivity contribution in [2.45, 2.75) is 31.7 Å². The van der Waals surface area contributed by atoms with Crippen molar-refractivity contribution in [2.75, 3.05) is 27.2 Å². The predicted octanol–water partition coefficient (Wildman–Crippen LogP) is 1.54. The number of hydrogen-bond acceptors (Lipinski definition) is 4. The number of likely N-dealkylation sites (N-methyl/N-ethyl adjacent to an activating group) is 1. The van der Waals surface area contributed by atoms with E-state index in [1.54, 1.807) is 0 Å². The topological polar surface area (TPSA) is 28.2 Å². The summed E-state index contributed by atoms with van der Waals surface area (Å²) in [6.07, 6.45) is 4.82. The van der Waals surface area contributed by atoms with Gasteiger partial charge >= 0.3 is 0 Å². The highest BCUT2D eigenvalue weighted by molar-refractivity contribution is 7.09. The van der Waals surface area contributed by atoms with Gasteiger partial charge in [-0.2, -0.15) is 0 Å². The van der Waals surface area contributed by atoms with Gasteiger partial charge in [0.15, 0.2) is 0 Å². The lowest BCUT2D eigenvalue weighted by Crippen LogP contribution is -2.23. The second kappa shape index (κ2) is 5.75. The monoisotopic (exact) mass is 239 g/mol. The third-order valence-electron chi connectivity index (χ3n) is 2.99. The molecule has 90 valence electrons. The van der Waals surface area contributed by atoms with E-state index in [9.17, 15) is 0 Å². The Kier molecular flexibility index (Phi) is 4.32. The van der Waals surface area contributed by atoms with Crippen LogP contribution in [-0.2, 0) is 12.8 Å². The van der Waals surface area contributed by atoms with Crippen LogP contribution >= 0.6 is 11.3 Å². The Balaban J connectivity index is 1.81. The Bertz CT molecular complexity index is 316. The van der Waals surface area contributed by atoms with Crippen molar-refractivity contribution in [3.8, 4) is 0 Å². The fraction of sp³-hybridized carbons (Fsp3) is 0.750. The van der Waals surface area contributed by atoms with Crippen LogP contribution in [-0.4, -0.2) is 43.1 Å². The third kappa shape index (κ3) is 3.54. The molecule has 1 unspecified atom stereocenters. The highest BCUT2D eigenvalue weighted by atomic mass is 32.1. The molecule has 1 aromatic rings. The summed E-state index contributed by atoms with van der Waals surface area (Å²) in [5, 5.41) is 7.03. The van der Waals surface area contributed by atoms with Gasteiger partial charge in [-0.25, -0.2) is 4.98 Å². The first-order chi connectivity index (χ1) is 7.74. The number of nitrogens with zero attached hydrogens (tertiary/aromatic N) is 2. The summed E-state index contributed by atoms with van der Waals surface area (Å²) in [5.74, 6) is 0. The summed E-state index contributed by atoms with van der Waals surface area (Å²) in [6, 6.07) is 0.670. The van der Waals surface area contributed by atoms with Gasteiger partial charge in [-0.15, -0.1) is 11.3 Å². The minimum absolute atomic E-state index is 0.670. The standard InChI is InChI=1S/C12H21N3S/c1-15(2)7-5-12-14-11(9-16-12)8-10-4-3-6-13-10/h9-10,13H,3-8H2,1-2H3. The smallest absolute Gasteiger partial charge is 0.0941 e. The molecule has 16 heavy (non-hydrogen) atoms. The summed E-state index contributed by atoms with van der Waals surface area (Å²) >= 11 is 1.81. The van der Waals surface area contributed by atoms with E-state index in [0.29, 0.717) is 6.04 Å². The van der Waals surface area contributed by atoms with Gasteiger partial charge in [0.2, 0.25) is 0 Å². The number of rotatable bonds is 5. The summed E-state index contributed by atoms with van der Waals surface area (Å²) < 4.78 is 0. The molecule has 0 spiro atoms.